The van der Waals surface area contributed by atoms with Crippen LogP contribution in [0.4, 0.5) is 0 Å². The van der Waals surface area contributed by atoms with Crippen LogP contribution in [0.25, 0.3) is 0 Å². The fraction of sp³-hybridized carbons (Fsp3) is 0.231. The smallest absolute Gasteiger partial charge is 0.266 e. The number of amides is 2. The van der Waals surface area contributed by atoms with Crippen LogP contribution in [0.1, 0.15) is 33.6 Å². The third kappa shape index (κ3) is 2.05. The van der Waals surface area contributed by atoms with E-state index in [-0.39, 0.29) is 6.61 Å². The monoisotopic (exact) mass is 229 g/mol. The molecule has 4 nitrogen and oxygen atoms in total. The van der Waals surface area contributed by atoms with Crippen molar-refractivity contribution in [1.29, 1.82) is 0 Å². The van der Waals surface area contributed by atoms with Crippen LogP contribution in [0.3, 0.4) is 0 Å². The van der Waals surface area contributed by atoms with Gasteiger partial charge in [0.2, 0.25) is 0 Å². The molecule has 0 spiro atoms. The minimum atomic E-state index is -0.411. The molecule has 17 heavy (non-hydrogen) atoms. The zero-order valence-corrected chi connectivity index (χ0v) is 9.18. The van der Waals surface area contributed by atoms with E-state index in [2.05, 4.69) is 5.92 Å². The molecule has 0 radical (unpaired) electrons. The number of hydrogen-bond acceptors (Lipinski definition) is 3. The van der Waals surface area contributed by atoms with Crippen molar-refractivity contribution in [3.05, 3.63) is 35.4 Å². The highest BCUT2D eigenvalue weighted by Gasteiger charge is 2.36. The molecular weight excluding hydrogens is 218 g/mol. The summed E-state index contributed by atoms with van der Waals surface area (Å²) >= 11 is 0. The van der Waals surface area contributed by atoms with Crippen LogP contribution in [-0.2, 0) is 4.84 Å². The molecule has 1 aliphatic rings. The summed E-state index contributed by atoms with van der Waals surface area (Å²) in [5.74, 6) is 1.64. The third-order valence-electron chi connectivity index (χ3n) is 2.44. The van der Waals surface area contributed by atoms with E-state index in [1.807, 2.05) is 0 Å². The molecule has 0 saturated carbocycles. The largest absolute Gasteiger partial charge is 0.285 e. The predicted octanol–water partition coefficient (Wildman–Crippen LogP) is 1.63. The molecule has 1 heterocycles. The van der Waals surface area contributed by atoms with Crippen molar-refractivity contribution in [2.24, 2.45) is 0 Å². The third-order valence-corrected chi connectivity index (χ3v) is 2.44. The van der Waals surface area contributed by atoms with Gasteiger partial charge in [0.1, 0.15) is 0 Å². The standard InChI is InChI=1S/C13H11NO3/c1-2-3-6-9-17-14-12(15)10-7-4-5-8-11(10)13(14)16/h1,4-5,7-8H,3,6,9H2. The quantitative estimate of drug-likeness (QED) is 0.448. The van der Waals surface area contributed by atoms with Gasteiger partial charge in [-0.05, 0) is 18.6 Å². The lowest BCUT2D eigenvalue weighted by atomic mass is 10.1. The van der Waals surface area contributed by atoms with Gasteiger partial charge in [0, 0.05) is 6.42 Å². The number of fused-ring (bicyclic) bond motifs is 1. The summed E-state index contributed by atoms with van der Waals surface area (Å²) in [5, 5.41) is 0.807. The van der Waals surface area contributed by atoms with Crippen molar-refractivity contribution in [3.8, 4) is 12.3 Å². The summed E-state index contributed by atoms with van der Waals surface area (Å²) in [4.78, 5) is 28.8. The Kier molecular flexibility index (Phi) is 3.22. The van der Waals surface area contributed by atoms with Gasteiger partial charge in [0.05, 0.1) is 17.7 Å². The highest BCUT2D eigenvalue weighted by atomic mass is 16.7. The summed E-state index contributed by atoms with van der Waals surface area (Å²) in [6.07, 6.45) is 6.27. The lowest BCUT2D eigenvalue weighted by molar-refractivity contribution is -0.0916. The van der Waals surface area contributed by atoms with Crippen LogP contribution in [0, 0.1) is 12.3 Å². The summed E-state index contributed by atoms with van der Waals surface area (Å²) in [5.41, 5.74) is 0.767. The Hall–Kier alpha value is -2.12. The van der Waals surface area contributed by atoms with Crippen LogP contribution >= 0.6 is 0 Å². The van der Waals surface area contributed by atoms with Gasteiger partial charge in [-0.1, -0.05) is 12.1 Å². The lowest BCUT2D eigenvalue weighted by Gasteiger charge is -2.12. The number of carbonyl (C=O) groups is 2. The van der Waals surface area contributed by atoms with Gasteiger partial charge in [-0.25, -0.2) is 0 Å². The second kappa shape index (κ2) is 4.81. The molecule has 0 saturated heterocycles. The number of nitrogens with zero attached hydrogens (tertiary/aromatic N) is 1. The molecule has 0 aliphatic carbocycles. The Labute approximate surface area is 99.1 Å². The number of unbranched alkanes of at least 4 members (excludes halogenated alkanes) is 1. The first kappa shape index (κ1) is 11.4. The fourth-order valence-corrected chi connectivity index (χ4v) is 1.61. The van der Waals surface area contributed by atoms with Crippen molar-refractivity contribution in [2.75, 3.05) is 6.61 Å². The van der Waals surface area contributed by atoms with Crippen molar-refractivity contribution >= 4 is 11.8 Å². The molecule has 2 amide bonds. The first-order chi connectivity index (χ1) is 8.25. The zero-order chi connectivity index (χ0) is 12.3. The van der Waals surface area contributed by atoms with Gasteiger partial charge in [0.15, 0.2) is 0 Å². The number of terminal acetylenes is 1. The minimum absolute atomic E-state index is 0.260. The fourth-order valence-electron chi connectivity index (χ4n) is 1.61. The Balaban J connectivity index is 2.06. The number of imide groups is 1. The molecule has 0 aromatic heterocycles. The first-order valence-corrected chi connectivity index (χ1v) is 5.30. The average Bonchev–Trinajstić information content (AvgIpc) is 2.60. The Morgan fingerprint density at radius 2 is 1.76 bits per heavy atom. The van der Waals surface area contributed by atoms with Gasteiger partial charge >= 0.3 is 0 Å². The molecule has 4 heteroatoms. The number of hydroxylamine groups is 2. The maximum Gasteiger partial charge on any atom is 0.285 e. The number of rotatable bonds is 4. The lowest BCUT2D eigenvalue weighted by Crippen LogP contribution is -2.30. The van der Waals surface area contributed by atoms with Gasteiger partial charge in [0.25, 0.3) is 11.8 Å². The second-order valence-corrected chi connectivity index (χ2v) is 3.59. The minimum Gasteiger partial charge on any atom is -0.266 e. The van der Waals surface area contributed by atoms with Crippen molar-refractivity contribution in [1.82, 2.24) is 5.06 Å². The van der Waals surface area contributed by atoms with Gasteiger partial charge < -0.3 is 0 Å². The molecule has 0 bridgehead atoms. The van der Waals surface area contributed by atoms with Gasteiger partial charge in [-0.15, -0.1) is 17.4 Å². The number of benzene rings is 1. The van der Waals surface area contributed by atoms with E-state index in [1.54, 1.807) is 24.3 Å². The normalized spacial score (nSPS) is 13.7. The molecule has 0 atom stereocenters. The van der Waals surface area contributed by atoms with Crippen LogP contribution < -0.4 is 0 Å². The SMILES string of the molecule is C#CCCCON1C(=O)c2ccccc2C1=O. The Bertz CT molecular complexity index is 467. The topological polar surface area (TPSA) is 46.6 Å². The molecule has 0 fully saturated rings. The molecule has 2 rings (SSSR count). The summed E-state index contributed by atoms with van der Waals surface area (Å²) in [7, 11) is 0. The van der Waals surface area contributed by atoms with E-state index < -0.39 is 11.8 Å². The zero-order valence-electron chi connectivity index (χ0n) is 9.18. The average molecular weight is 229 g/mol. The van der Waals surface area contributed by atoms with Crippen LogP contribution in [0.15, 0.2) is 24.3 Å². The summed E-state index contributed by atoms with van der Waals surface area (Å²) in [6.45, 7) is 0.260. The molecule has 0 N–H and O–H groups in total. The maximum absolute atomic E-state index is 11.8. The highest BCUT2D eigenvalue weighted by molar-refractivity contribution is 6.20. The number of hydrogen-bond donors (Lipinski definition) is 0. The predicted molar refractivity (Wildman–Crippen MR) is 61.0 cm³/mol. The Morgan fingerprint density at radius 3 is 2.29 bits per heavy atom. The first-order valence-electron chi connectivity index (χ1n) is 5.30. The van der Waals surface area contributed by atoms with E-state index in [1.165, 1.54) is 0 Å². The van der Waals surface area contributed by atoms with Gasteiger partial charge in [-0.2, -0.15) is 0 Å². The number of carbonyl (C=O) groups excluding carboxylic acids is 2. The molecule has 1 aromatic carbocycles. The van der Waals surface area contributed by atoms with Crippen molar-refractivity contribution in [2.45, 2.75) is 12.8 Å². The van der Waals surface area contributed by atoms with E-state index in [4.69, 9.17) is 11.3 Å². The molecule has 86 valence electrons. The summed E-state index contributed by atoms with van der Waals surface area (Å²) < 4.78 is 0. The van der Waals surface area contributed by atoms with E-state index >= 15 is 0 Å². The van der Waals surface area contributed by atoms with Crippen molar-refractivity contribution in [3.63, 3.8) is 0 Å². The molecule has 1 aliphatic heterocycles. The van der Waals surface area contributed by atoms with E-state index in [0.29, 0.717) is 24.0 Å². The second-order valence-electron chi connectivity index (χ2n) is 3.59. The molecule has 0 unspecified atom stereocenters. The van der Waals surface area contributed by atoms with Crippen LogP contribution in [0.2, 0.25) is 0 Å². The summed E-state index contributed by atoms with van der Waals surface area (Å²) in [6, 6.07) is 6.65. The van der Waals surface area contributed by atoms with Crippen molar-refractivity contribution < 1.29 is 14.4 Å². The van der Waals surface area contributed by atoms with E-state index in [9.17, 15) is 9.59 Å². The molecular formula is C13H11NO3. The Morgan fingerprint density at radius 1 is 1.18 bits per heavy atom. The van der Waals surface area contributed by atoms with Crippen LogP contribution in [0.5, 0.6) is 0 Å². The van der Waals surface area contributed by atoms with Gasteiger partial charge in [-0.3, -0.25) is 14.4 Å². The molecule has 1 aromatic rings. The maximum atomic E-state index is 11.8. The van der Waals surface area contributed by atoms with E-state index in [0.717, 1.165) is 5.06 Å². The highest BCUT2D eigenvalue weighted by Crippen LogP contribution is 2.22. The van der Waals surface area contributed by atoms with Crippen LogP contribution in [-0.4, -0.2) is 23.5 Å².